The van der Waals surface area contributed by atoms with Gasteiger partial charge in [-0.25, -0.2) is 0 Å². The molecular weight excluding hydrogens is 296 g/mol. The average molecular weight is 308 g/mol. The van der Waals surface area contributed by atoms with E-state index in [1.165, 1.54) is 12.1 Å². The number of carbonyl (C=O) groups is 2. The first-order chi connectivity index (χ1) is 8.69. The molecule has 2 aromatic rings. The van der Waals surface area contributed by atoms with Gasteiger partial charge in [0.15, 0.2) is 12.6 Å². The maximum absolute atomic E-state index is 10.1. The van der Waals surface area contributed by atoms with Crippen LogP contribution in [0.25, 0.3) is 0 Å². The normalized spacial score (nSPS) is 8.42. The van der Waals surface area contributed by atoms with Crippen LogP contribution in [-0.2, 0) is 17.1 Å². The number of hydrogen-bond donors (Lipinski definition) is 2. The number of aldehydes is 2. The molecular formula is C14H12CuO4+2. The summed E-state index contributed by atoms with van der Waals surface area (Å²) in [4.78, 5) is 20.1. The van der Waals surface area contributed by atoms with Crippen molar-refractivity contribution in [2.24, 2.45) is 0 Å². The molecule has 4 nitrogen and oxygen atoms in total. The Hall–Kier alpha value is -2.10. The van der Waals surface area contributed by atoms with Gasteiger partial charge in [-0.1, -0.05) is 24.3 Å². The molecule has 0 aliphatic rings. The topological polar surface area (TPSA) is 74.6 Å². The quantitative estimate of drug-likeness (QED) is 0.660. The van der Waals surface area contributed by atoms with Gasteiger partial charge < -0.3 is 10.2 Å². The van der Waals surface area contributed by atoms with E-state index in [1.807, 2.05) is 0 Å². The van der Waals surface area contributed by atoms with Crippen LogP contribution in [0.2, 0.25) is 0 Å². The van der Waals surface area contributed by atoms with Crippen LogP contribution in [0, 0.1) is 0 Å². The van der Waals surface area contributed by atoms with Gasteiger partial charge in [-0.3, -0.25) is 9.59 Å². The Bertz CT molecular complexity index is 491. The molecule has 0 heterocycles. The van der Waals surface area contributed by atoms with E-state index in [0.717, 1.165) is 0 Å². The summed E-state index contributed by atoms with van der Waals surface area (Å²) in [7, 11) is 0. The number of phenols is 2. The van der Waals surface area contributed by atoms with Gasteiger partial charge in [0.2, 0.25) is 0 Å². The fraction of sp³-hybridized carbons (Fsp3) is 0. The minimum absolute atomic E-state index is 0. The van der Waals surface area contributed by atoms with E-state index < -0.39 is 0 Å². The van der Waals surface area contributed by atoms with Gasteiger partial charge >= 0.3 is 17.1 Å². The minimum atomic E-state index is 0. The van der Waals surface area contributed by atoms with Crippen molar-refractivity contribution in [1.82, 2.24) is 0 Å². The van der Waals surface area contributed by atoms with E-state index >= 15 is 0 Å². The molecule has 0 aromatic heterocycles. The van der Waals surface area contributed by atoms with Gasteiger partial charge in [0.05, 0.1) is 11.1 Å². The molecule has 5 heteroatoms. The summed E-state index contributed by atoms with van der Waals surface area (Å²) in [5.41, 5.74) is 0.662. The number of para-hydroxylation sites is 2. The zero-order valence-corrected chi connectivity index (χ0v) is 10.7. The molecule has 0 amide bonds. The summed E-state index contributed by atoms with van der Waals surface area (Å²) in [5.74, 6) is 0.0694. The minimum Gasteiger partial charge on any atom is -0.507 e. The average Bonchev–Trinajstić information content (AvgIpc) is 2.41. The molecule has 0 saturated carbocycles. The summed E-state index contributed by atoms with van der Waals surface area (Å²) in [6, 6.07) is 12.8. The van der Waals surface area contributed by atoms with Gasteiger partial charge in [0, 0.05) is 0 Å². The Morgan fingerprint density at radius 1 is 0.684 bits per heavy atom. The molecule has 19 heavy (non-hydrogen) atoms. The summed E-state index contributed by atoms with van der Waals surface area (Å²) in [5, 5.41) is 17.8. The number of hydrogen-bond acceptors (Lipinski definition) is 4. The SMILES string of the molecule is O=Cc1ccccc1O.O=Cc1ccccc1O.[Cu+2]. The summed E-state index contributed by atoms with van der Waals surface area (Å²) in [6.45, 7) is 0. The predicted octanol–water partition coefficient (Wildman–Crippen LogP) is 2.41. The maximum atomic E-state index is 10.1. The fourth-order valence-electron chi connectivity index (χ4n) is 1.17. The Labute approximate surface area is 121 Å². The molecule has 2 aromatic carbocycles. The van der Waals surface area contributed by atoms with Crippen molar-refractivity contribution in [3.05, 3.63) is 59.7 Å². The first-order valence-electron chi connectivity index (χ1n) is 5.15. The van der Waals surface area contributed by atoms with E-state index in [0.29, 0.717) is 23.7 Å². The van der Waals surface area contributed by atoms with Crippen LogP contribution in [0.1, 0.15) is 20.7 Å². The predicted molar refractivity (Wildman–Crippen MR) is 67.0 cm³/mol. The molecule has 1 radical (unpaired) electrons. The van der Waals surface area contributed by atoms with Gasteiger partial charge in [0.1, 0.15) is 11.5 Å². The Balaban J connectivity index is 0.000000324. The van der Waals surface area contributed by atoms with Crippen LogP contribution in [-0.4, -0.2) is 22.8 Å². The first kappa shape index (κ1) is 16.9. The van der Waals surface area contributed by atoms with Crippen molar-refractivity contribution in [1.29, 1.82) is 0 Å². The Kier molecular flexibility index (Phi) is 7.93. The molecule has 0 aliphatic heterocycles. The van der Waals surface area contributed by atoms with Crippen LogP contribution in [0.4, 0.5) is 0 Å². The maximum Gasteiger partial charge on any atom is 2.00 e. The standard InChI is InChI=1S/2C7H6O2.Cu/c2*8-5-6-3-1-2-4-7(6)9;/h2*1-5,9H;/q;;+2. The molecule has 2 N–H and O–H groups in total. The molecule has 0 fully saturated rings. The zero-order chi connectivity index (χ0) is 13.4. The van der Waals surface area contributed by atoms with Crippen molar-refractivity contribution < 1.29 is 36.9 Å². The largest absolute Gasteiger partial charge is 2.00 e. The number of rotatable bonds is 2. The Morgan fingerprint density at radius 2 is 1.00 bits per heavy atom. The second kappa shape index (κ2) is 8.91. The molecule has 0 aliphatic carbocycles. The van der Waals surface area contributed by atoms with Crippen LogP contribution in [0.3, 0.4) is 0 Å². The second-order valence-corrected chi connectivity index (χ2v) is 3.35. The first-order valence-corrected chi connectivity index (χ1v) is 5.15. The molecule has 0 saturated heterocycles. The van der Waals surface area contributed by atoms with Crippen LogP contribution in [0.5, 0.6) is 11.5 Å². The van der Waals surface area contributed by atoms with Crippen LogP contribution < -0.4 is 0 Å². The van der Waals surface area contributed by atoms with Gasteiger partial charge in [-0.2, -0.15) is 0 Å². The van der Waals surface area contributed by atoms with Crippen LogP contribution in [0.15, 0.2) is 48.5 Å². The van der Waals surface area contributed by atoms with E-state index in [1.54, 1.807) is 36.4 Å². The van der Waals surface area contributed by atoms with Gasteiger partial charge in [-0.15, -0.1) is 0 Å². The third kappa shape index (κ3) is 5.38. The summed E-state index contributed by atoms with van der Waals surface area (Å²) in [6.07, 6.45) is 1.24. The van der Waals surface area contributed by atoms with Gasteiger partial charge in [0.25, 0.3) is 0 Å². The van der Waals surface area contributed by atoms with Crippen molar-refractivity contribution >= 4 is 12.6 Å². The van der Waals surface area contributed by atoms with Crippen LogP contribution >= 0.6 is 0 Å². The third-order valence-corrected chi connectivity index (χ3v) is 2.13. The number of carbonyl (C=O) groups excluding carboxylic acids is 2. The number of phenolic OH excluding ortho intramolecular Hbond substituents is 2. The molecule has 0 spiro atoms. The smallest absolute Gasteiger partial charge is 0.507 e. The second-order valence-electron chi connectivity index (χ2n) is 3.35. The Morgan fingerprint density at radius 3 is 1.21 bits per heavy atom. The van der Waals surface area contributed by atoms with Crippen molar-refractivity contribution in [3.63, 3.8) is 0 Å². The fourth-order valence-corrected chi connectivity index (χ4v) is 1.17. The van der Waals surface area contributed by atoms with Gasteiger partial charge in [-0.05, 0) is 24.3 Å². The number of aromatic hydroxyl groups is 2. The van der Waals surface area contributed by atoms with Crippen molar-refractivity contribution in [2.45, 2.75) is 0 Å². The summed E-state index contributed by atoms with van der Waals surface area (Å²) >= 11 is 0. The molecule has 0 bridgehead atoms. The summed E-state index contributed by atoms with van der Waals surface area (Å²) < 4.78 is 0. The van der Waals surface area contributed by atoms with E-state index in [4.69, 9.17) is 10.2 Å². The molecule has 2 rings (SSSR count). The zero-order valence-electron chi connectivity index (χ0n) is 9.79. The van der Waals surface area contributed by atoms with Crippen molar-refractivity contribution in [2.75, 3.05) is 0 Å². The van der Waals surface area contributed by atoms with E-state index in [2.05, 4.69) is 0 Å². The van der Waals surface area contributed by atoms with E-state index in [-0.39, 0.29) is 28.6 Å². The molecule has 101 valence electrons. The van der Waals surface area contributed by atoms with Crippen molar-refractivity contribution in [3.8, 4) is 11.5 Å². The monoisotopic (exact) mass is 307 g/mol. The number of benzene rings is 2. The third-order valence-electron chi connectivity index (χ3n) is 2.13. The molecule has 0 unspecified atom stereocenters. The van der Waals surface area contributed by atoms with E-state index in [9.17, 15) is 9.59 Å². The molecule has 0 atom stereocenters.